The molecule has 0 radical (unpaired) electrons. The number of nitriles is 1. The first-order valence-electron chi connectivity index (χ1n) is 5.93. The van der Waals surface area contributed by atoms with Gasteiger partial charge in [0.15, 0.2) is 5.69 Å². The Balaban J connectivity index is 1.65. The summed E-state index contributed by atoms with van der Waals surface area (Å²) in [6, 6.07) is 5.58. The maximum atomic E-state index is 10.7. The van der Waals surface area contributed by atoms with E-state index in [1.165, 1.54) is 6.20 Å². The first-order valence-corrected chi connectivity index (χ1v) is 5.93. The van der Waals surface area contributed by atoms with Crippen LogP contribution in [0.5, 0.6) is 0 Å². The monoisotopic (exact) mass is 270 g/mol. The number of aromatic nitrogens is 4. The zero-order chi connectivity index (χ0) is 14.1. The van der Waals surface area contributed by atoms with Crippen LogP contribution >= 0.6 is 0 Å². The van der Waals surface area contributed by atoms with Gasteiger partial charge < -0.3 is 10.0 Å². The van der Waals surface area contributed by atoms with E-state index < -0.39 is 5.97 Å². The molecular weight excluding hydrogens is 260 g/mol. The quantitative estimate of drug-likeness (QED) is 0.854. The fraction of sp³-hybridized carbons (Fsp3) is 0.250. The van der Waals surface area contributed by atoms with Crippen molar-refractivity contribution in [3.8, 4) is 6.07 Å². The van der Waals surface area contributed by atoms with E-state index in [4.69, 9.17) is 10.4 Å². The molecule has 1 aliphatic heterocycles. The molecule has 0 bridgehead atoms. The molecule has 1 fully saturated rings. The minimum Gasteiger partial charge on any atom is -0.476 e. The molecule has 0 spiro atoms. The Bertz CT molecular complexity index is 681. The summed E-state index contributed by atoms with van der Waals surface area (Å²) in [4.78, 5) is 16.8. The third-order valence-electron chi connectivity index (χ3n) is 3.19. The van der Waals surface area contributed by atoms with Crippen LogP contribution in [0.1, 0.15) is 22.2 Å². The molecule has 20 heavy (non-hydrogen) atoms. The largest absolute Gasteiger partial charge is 0.476 e. The number of pyridine rings is 1. The second-order valence-corrected chi connectivity index (χ2v) is 4.46. The maximum absolute atomic E-state index is 10.7. The lowest BCUT2D eigenvalue weighted by Crippen LogP contribution is -2.48. The van der Waals surface area contributed by atoms with Crippen molar-refractivity contribution in [3.05, 3.63) is 35.9 Å². The lowest BCUT2D eigenvalue weighted by molar-refractivity contribution is 0.0690. The van der Waals surface area contributed by atoms with E-state index in [0.717, 1.165) is 5.69 Å². The van der Waals surface area contributed by atoms with E-state index >= 15 is 0 Å². The van der Waals surface area contributed by atoms with E-state index in [9.17, 15) is 4.79 Å². The Hall–Kier alpha value is -2.95. The zero-order valence-electron chi connectivity index (χ0n) is 10.3. The molecule has 0 unspecified atom stereocenters. The third-order valence-corrected chi connectivity index (χ3v) is 3.19. The zero-order valence-corrected chi connectivity index (χ0v) is 10.3. The minimum absolute atomic E-state index is 0.0523. The van der Waals surface area contributed by atoms with Crippen molar-refractivity contribution in [1.29, 1.82) is 5.26 Å². The van der Waals surface area contributed by atoms with Crippen LogP contribution in [0.4, 0.5) is 5.69 Å². The molecule has 2 aromatic heterocycles. The van der Waals surface area contributed by atoms with Crippen molar-refractivity contribution in [1.82, 2.24) is 20.0 Å². The third kappa shape index (κ3) is 2.05. The number of nitrogens with zero attached hydrogens (tertiary/aromatic N) is 6. The van der Waals surface area contributed by atoms with Crippen molar-refractivity contribution in [2.75, 3.05) is 18.0 Å². The van der Waals surface area contributed by atoms with Crippen molar-refractivity contribution < 1.29 is 9.90 Å². The lowest BCUT2D eigenvalue weighted by Gasteiger charge is -2.40. The summed E-state index contributed by atoms with van der Waals surface area (Å²) >= 11 is 0. The molecule has 0 amide bonds. The summed E-state index contributed by atoms with van der Waals surface area (Å²) in [5.41, 5.74) is 1.26. The summed E-state index contributed by atoms with van der Waals surface area (Å²) in [5.74, 6) is -1.08. The number of anilines is 1. The summed E-state index contributed by atoms with van der Waals surface area (Å²) in [5, 5.41) is 24.9. The summed E-state index contributed by atoms with van der Waals surface area (Å²) < 4.78 is 1.57. The van der Waals surface area contributed by atoms with Gasteiger partial charge in [0.05, 0.1) is 24.1 Å². The van der Waals surface area contributed by atoms with Crippen molar-refractivity contribution in [3.63, 3.8) is 0 Å². The number of carbonyl (C=O) groups is 1. The van der Waals surface area contributed by atoms with Gasteiger partial charge in [-0.15, -0.1) is 5.10 Å². The van der Waals surface area contributed by atoms with Crippen molar-refractivity contribution in [2.45, 2.75) is 6.04 Å². The maximum Gasteiger partial charge on any atom is 0.358 e. The van der Waals surface area contributed by atoms with Gasteiger partial charge in [0.25, 0.3) is 0 Å². The standard InChI is InChI=1S/C12H10N6O2/c13-3-8-1-2-9(4-14-8)17-5-10(6-17)18-7-11(12(19)20)15-16-18/h1-2,4,7,10H,5-6H2,(H,19,20). The molecule has 0 aromatic carbocycles. The molecule has 0 aliphatic carbocycles. The first-order chi connectivity index (χ1) is 9.67. The van der Waals surface area contributed by atoms with Crippen molar-refractivity contribution >= 4 is 11.7 Å². The number of hydrogen-bond acceptors (Lipinski definition) is 6. The Kier molecular flexibility index (Phi) is 2.80. The topological polar surface area (TPSA) is 108 Å². The highest BCUT2D eigenvalue weighted by molar-refractivity contribution is 5.84. The fourth-order valence-corrected chi connectivity index (χ4v) is 2.03. The van der Waals surface area contributed by atoms with Gasteiger partial charge in [-0.25, -0.2) is 14.5 Å². The van der Waals surface area contributed by atoms with Gasteiger partial charge in [-0.1, -0.05) is 5.21 Å². The highest BCUT2D eigenvalue weighted by Crippen LogP contribution is 2.26. The van der Waals surface area contributed by atoms with E-state index in [2.05, 4.69) is 20.2 Å². The molecule has 3 rings (SSSR count). The highest BCUT2D eigenvalue weighted by atomic mass is 16.4. The summed E-state index contributed by atoms with van der Waals surface area (Å²) in [6.45, 7) is 1.41. The average Bonchev–Trinajstić information content (AvgIpc) is 2.87. The van der Waals surface area contributed by atoms with E-state index in [1.807, 2.05) is 12.1 Å². The van der Waals surface area contributed by atoms with Gasteiger partial charge in [-0.3, -0.25) is 0 Å². The normalized spacial score (nSPS) is 14.7. The second kappa shape index (κ2) is 4.62. The van der Waals surface area contributed by atoms with Gasteiger partial charge in [0.1, 0.15) is 11.8 Å². The van der Waals surface area contributed by atoms with Crippen LogP contribution in [0.25, 0.3) is 0 Å². The van der Waals surface area contributed by atoms with Crippen LogP contribution in [0.2, 0.25) is 0 Å². The summed E-state index contributed by atoms with van der Waals surface area (Å²) in [6.07, 6.45) is 3.08. The van der Waals surface area contributed by atoms with Crippen LogP contribution in [-0.4, -0.2) is 44.1 Å². The molecule has 0 saturated carbocycles. The molecule has 8 nitrogen and oxygen atoms in total. The summed E-state index contributed by atoms with van der Waals surface area (Å²) in [7, 11) is 0. The lowest BCUT2D eigenvalue weighted by atomic mass is 10.1. The van der Waals surface area contributed by atoms with Gasteiger partial charge in [-0.2, -0.15) is 5.26 Å². The number of carboxylic acid groups (broad SMARTS) is 1. The van der Waals surface area contributed by atoms with Gasteiger partial charge in [0, 0.05) is 13.1 Å². The number of aromatic carboxylic acids is 1. The molecule has 8 heteroatoms. The Morgan fingerprint density at radius 3 is 2.80 bits per heavy atom. The van der Waals surface area contributed by atoms with Gasteiger partial charge in [-0.05, 0) is 12.1 Å². The van der Waals surface area contributed by atoms with Crippen LogP contribution < -0.4 is 4.90 Å². The predicted octanol–water partition coefficient (Wildman–Crippen LogP) is 0.304. The first kappa shape index (κ1) is 12.1. The molecule has 1 saturated heterocycles. The fourth-order valence-electron chi connectivity index (χ4n) is 2.03. The van der Waals surface area contributed by atoms with E-state index in [1.54, 1.807) is 16.9 Å². The molecular formula is C12H10N6O2. The Morgan fingerprint density at radius 2 is 2.25 bits per heavy atom. The predicted molar refractivity (Wildman–Crippen MR) is 67.2 cm³/mol. The SMILES string of the molecule is N#Cc1ccc(N2CC(n3cc(C(=O)O)nn3)C2)cn1. The van der Waals surface area contributed by atoms with Gasteiger partial charge in [0.2, 0.25) is 0 Å². The number of rotatable bonds is 3. The molecule has 100 valence electrons. The highest BCUT2D eigenvalue weighted by Gasteiger charge is 2.30. The second-order valence-electron chi connectivity index (χ2n) is 4.46. The number of hydrogen-bond donors (Lipinski definition) is 1. The molecule has 3 heterocycles. The molecule has 1 N–H and O–H groups in total. The van der Waals surface area contributed by atoms with Crippen LogP contribution in [0.15, 0.2) is 24.5 Å². The van der Waals surface area contributed by atoms with Crippen LogP contribution in [-0.2, 0) is 0 Å². The molecule has 1 aliphatic rings. The van der Waals surface area contributed by atoms with E-state index in [0.29, 0.717) is 18.8 Å². The Labute approximate surface area is 113 Å². The molecule has 0 atom stereocenters. The average molecular weight is 270 g/mol. The van der Waals surface area contributed by atoms with Gasteiger partial charge >= 0.3 is 5.97 Å². The number of carboxylic acids is 1. The smallest absolute Gasteiger partial charge is 0.358 e. The minimum atomic E-state index is -1.08. The van der Waals surface area contributed by atoms with Crippen LogP contribution in [0.3, 0.4) is 0 Å². The van der Waals surface area contributed by atoms with E-state index in [-0.39, 0.29) is 11.7 Å². The Morgan fingerprint density at radius 1 is 1.45 bits per heavy atom. The van der Waals surface area contributed by atoms with Crippen molar-refractivity contribution in [2.24, 2.45) is 0 Å². The van der Waals surface area contributed by atoms with Crippen LogP contribution in [0, 0.1) is 11.3 Å². The molecule has 2 aromatic rings.